The Kier molecular flexibility index (Phi) is 8.83. The Morgan fingerprint density at radius 1 is 1.31 bits per heavy atom. The first-order valence-electron chi connectivity index (χ1n) is 4.35. The van der Waals surface area contributed by atoms with E-state index in [1.165, 1.54) is 0 Å². The van der Waals surface area contributed by atoms with Crippen LogP contribution in [-0.4, -0.2) is 44.9 Å². The molecule has 0 aliphatic heterocycles. The third kappa shape index (κ3) is 12.4. The molecule has 0 aromatic heterocycles. The van der Waals surface area contributed by atoms with Crippen LogP contribution in [0.3, 0.4) is 0 Å². The number of alkyl halides is 3. The second-order valence-corrected chi connectivity index (χ2v) is 5.98. The molecule has 0 aromatic carbocycles. The molecule has 0 amide bonds. The molecule has 9 heteroatoms. The van der Waals surface area contributed by atoms with Gasteiger partial charge in [0.15, 0.2) is 0 Å². The molecule has 0 atom stereocenters. The number of nitrogens with zero attached hydrogens (tertiary/aromatic N) is 1. The second-order valence-electron chi connectivity index (χ2n) is 3.08. The molecule has 3 nitrogen and oxygen atoms in total. The fourth-order valence-corrected chi connectivity index (χ4v) is 1.86. The molecule has 0 N–H and O–H groups in total. The average molecular weight is 304 g/mol. The fraction of sp³-hybridized carbons (Fsp3) is 1.00. The van der Waals surface area contributed by atoms with Crippen molar-refractivity contribution in [1.82, 2.24) is 4.90 Å². The molecule has 0 bridgehead atoms. The molecule has 0 spiro atoms. The van der Waals surface area contributed by atoms with Gasteiger partial charge in [0.1, 0.15) is 0 Å². The summed E-state index contributed by atoms with van der Waals surface area (Å²) in [6.45, 7) is 0.858. The van der Waals surface area contributed by atoms with Gasteiger partial charge in [-0.15, -0.1) is 12.4 Å². The van der Waals surface area contributed by atoms with Crippen molar-refractivity contribution in [2.75, 3.05) is 25.4 Å². The highest BCUT2D eigenvalue weighted by atomic mass is 35.7. The highest BCUT2D eigenvalue weighted by Gasteiger charge is 2.29. The zero-order chi connectivity index (χ0) is 12.1. The van der Waals surface area contributed by atoms with Crippen LogP contribution >= 0.6 is 23.1 Å². The minimum atomic E-state index is -4.25. The van der Waals surface area contributed by atoms with E-state index in [1.807, 2.05) is 0 Å². The zero-order valence-electron chi connectivity index (χ0n) is 8.63. The zero-order valence-corrected chi connectivity index (χ0v) is 11.0. The predicted molar refractivity (Wildman–Crippen MR) is 59.7 cm³/mol. The number of rotatable bonds is 6. The van der Waals surface area contributed by atoms with E-state index in [4.69, 9.17) is 10.7 Å². The Labute approximate surface area is 104 Å². The summed E-state index contributed by atoms with van der Waals surface area (Å²) >= 11 is 0. The van der Waals surface area contributed by atoms with Gasteiger partial charge >= 0.3 is 6.18 Å². The Bertz CT molecular complexity index is 282. The summed E-state index contributed by atoms with van der Waals surface area (Å²) in [4.78, 5) is 1.13. The largest absolute Gasteiger partial charge is 0.401 e. The highest BCUT2D eigenvalue weighted by Crippen LogP contribution is 2.16. The normalized spacial score (nSPS) is 12.6. The molecule has 100 valence electrons. The van der Waals surface area contributed by atoms with Crippen LogP contribution in [0.1, 0.15) is 13.3 Å². The van der Waals surface area contributed by atoms with Gasteiger partial charge in [0.2, 0.25) is 9.05 Å². The minimum Gasteiger partial charge on any atom is -0.295 e. The lowest BCUT2D eigenvalue weighted by molar-refractivity contribution is -0.145. The van der Waals surface area contributed by atoms with E-state index in [0.29, 0.717) is 0 Å². The summed E-state index contributed by atoms with van der Waals surface area (Å²) in [5.74, 6) is -0.303. The molecule has 0 radical (unpaired) electrons. The van der Waals surface area contributed by atoms with E-state index in [1.54, 1.807) is 6.92 Å². The van der Waals surface area contributed by atoms with Crippen molar-refractivity contribution < 1.29 is 21.6 Å². The van der Waals surface area contributed by atoms with E-state index < -0.39 is 21.8 Å². The van der Waals surface area contributed by atoms with Gasteiger partial charge in [0, 0.05) is 10.7 Å². The first-order chi connectivity index (χ1) is 6.64. The molecule has 0 fully saturated rings. The van der Waals surface area contributed by atoms with Crippen molar-refractivity contribution in [3.63, 3.8) is 0 Å². The molecular formula is C7H14Cl2F3NO2S. The molecule has 0 rings (SSSR count). The molecule has 0 saturated carbocycles. The number of hydrogen-bond donors (Lipinski definition) is 0. The van der Waals surface area contributed by atoms with Gasteiger partial charge in [-0.1, -0.05) is 6.92 Å². The summed E-state index contributed by atoms with van der Waals surface area (Å²) in [6.07, 6.45) is -4.15. The van der Waals surface area contributed by atoms with E-state index in [2.05, 4.69) is 0 Å². The van der Waals surface area contributed by atoms with Crippen molar-refractivity contribution >= 4 is 32.1 Å². The van der Waals surface area contributed by atoms with E-state index in [0.717, 1.165) is 4.90 Å². The van der Waals surface area contributed by atoms with Gasteiger partial charge in [-0.25, -0.2) is 8.42 Å². The van der Waals surface area contributed by atoms with Gasteiger partial charge in [0.05, 0.1) is 12.3 Å². The third-order valence-corrected chi connectivity index (χ3v) is 2.95. The summed E-state index contributed by atoms with van der Waals surface area (Å²) in [5.41, 5.74) is 0. The van der Waals surface area contributed by atoms with Crippen LogP contribution in [-0.2, 0) is 9.05 Å². The van der Waals surface area contributed by atoms with Gasteiger partial charge in [-0.2, -0.15) is 13.2 Å². The molecule has 0 aliphatic rings. The van der Waals surface area contributed by atoms with Crippen LogP contribution in [0.15, 0.2) is 0 Å². The second kappa shape index (κ2) is 7.58. The average Bonchev–Trinajstić information content (AvgIpc) is 1.97. The van der Waals surface area contributed by atoms with Crippen molar-refractivity contribution in [2.24, 2.45) is 0 Å². The molecule has 0 unspecified atom stereocenters. The van der Waals surface area contributed by atoms with Gasteiger partial charge < -0.3 is 0 Å². The van der Waals surface area contributed by atoms with Gasteiger partial charge in [0.25, 0.3) is 0 Å². The van der Waals surface area contributed by atoms with Crippen LogP contribution in [0.25, 0.3) is 0 Å². The van der Waals surface area contributed by atoms with Gasteiger partial charge in [-0.3, -0.25) is 4.90 Å². The van der Waals surface area contributed by atoms with Crippen LogP contribution in [0, 0.1) is 0 Å². The van der Waals surface area contributed by atoms with Crippen molar-refractivity contribution in [3.05, 3.63) is 0 Å². The smallest absolute Gasteiger partial charge is 0.295 e. The summed E-state index contributed by atoms with van der Waals surface area (Å²) < 4.78 is 56.9. The third-order valence-electron chi connectivity index (χ3n) is 1.71. The summed E-state index contributed by atoms with van der Waals surface area (Å²) in [5, 5.41) is 0. The Morgan fingerprint density at radius 3 is 2.12 bits per heavy atom. The lowest BCUT2D eigenvalue weighted by Gasteiger charge is -2.21. The fourth-order valence-electron chi connectivity index (χ4n) is 1.06. The molecule has 16 heavy (non-hydrogen) atoms. The standard InChI is InChI=1S/C7H13ClF3NO2S.ClH/c1-2-12(6-7(9,10)11)4-3-5-15(8,13)14;/h2-6H2,1H3;1H. The first-order valence-corrected chi connectivity index (χ1v) is 6.83. The number of hydrogen-bond acceptors (Lipinski definition) is 3. The highest BCUT2D eigenvalue weighted by molar-refractivity contribution is 8.13. The number of halogens is 5. The monoisotopic (exact) mass is 303 g/mol. The quantitative estimate of drug-likeness (QED) is 0.706. The molecule has 0 heterocycles. The molecular weight excluding hydrogens is 290 g/mol. The predicted octanol–water partition coefficient (Wildman–Crippen LogP) is 2.25. The summed E-state index contributed by atoms with van der Waals surface area (Å²) in [7, 11) is 1.32. The SMILES string of the molecule is CCN(CCCS(=O)(=O)Cl)CC(F)(F)F.Cl. The molecule has 0 saturated heterocycles. The topological polar surface area (TPSA) is 37.4 Å². The van der Waals surface area contributed by atoms with E-state index in [9.17, 15) is 21.6 Å². The maximum absolute atomic E-state index is 12.0. The van der Waals surface area contributed by atoms with E-state index >= 15 is 0 Å². The molecule has 0 aromatic rings. The minimum absolute atomic E-state index is 0. The lowest BCUT2D eigenvalue weighted by Crippen LogP contribution is -2.35. The van der Waals surface area contributed by atoms with Crippen LogP contribution in [0.5, 0.6) is 0 Å². The van der Waals surface area contributed by atoms with Crippen molar-refractivity contribution in [3.8, 4) is 0 Å². The maximum Gasteiger partial charge on any atom is 0.401 e. The van der Waals surface area contributed by atoms with E-state index in [-0.39, 0.29) is 37.7 Å². The maximum atomic E-state index is 12.0. The van der Waals surface area contributed by atoms with Crippen LogP contribution in [0.4, 0.5) is 13.2 Å². The molecule has 0 aliphatic carbocycles. The summed E-state index contributed by atoms with van der Waals surface area (Å²) in [6, 6.07) is 0. The van der Waals surface area contributed by atoms with Crippen LogP contribution < -0.4 is 0 Å². The van der Waals surface area contributed by atoms with Gasteiger partial charge in [-0.05, 0) is 19.5 Å². The van der Waals surface area contributed by atoms with Crippen molar-refractivity contribution in [2.45, 2.75) is 19.5 Å². The van der Waals surface area contributed by atoms with Crippen molar-refractivity contribution in [1.29, 1.82) is 0 Å². The van der Waals surface area contributed by atoms with Crippen LogP contribution in [0.2, 0.25) is 0 Å². The Morgan fingerprint density at radius 2 is 1.81 bits per heavy atom. The first kappa shape index (κ1) is 18.6. The Hall–Kier alpha value is 0.280. The Balaban J connectivity index is 0. The lowest BCUT2D eigenvalue weighted by atomic mass is 10.4.